The Hall–Kier alpha value is -4.35. The van der Waals surface area contributed by atoms with E-state index in [1.165, 1.54) is 31.8 Å². The summed E-state index contributed by atoms with van der Waals surface area (Å²) >= 11 is 0. The molecule has 55 heavy (non-hydrogen) atoms. The maximum atomic E-state index is 12.8. The normalized spacial score (nSPS) is 12.1. The van der Waals surface area contributed by atoms with E-state index in [0.717, 1.165) is 35.7 Å². The van der Waals surface area contributed by atoms with Crippen LogP contribution in [0.5, 0.6) is 5.75 Å². The Labute approximate surface area is 328 Å². The fraction of sp³-hybridized carbons (Fsp3) is 0.525. The van der Waals surface area contributed by atoms with Crippen LogP contribution in [0.2, 0.25) is 0 Å². The number of benzene rings is 2. The minimum atomic E-state index is -0.862. The molecule has 2 heterocycles. The first-order valence-electron chi connectivity index (χ1n) is 18.1. The Bertz CT molecular complexity index is 1290. The van der Waals surface area contributed by atoms with E-state index in [1.807, 2.05) is 95.4 Å². The van der Waals surface area contributed by atoms with E-state index in [0.29, 0.717) is 13.0 Å². The highest BCUT2D eigenvalue weighted by molar-refractivity contribution is 5.82. The number of hydrazine groups is 1. The maximum Gasteiger partial charge on any atom is 0.292 e. The molecule has 0 aliphatic carbocycles. The molecule has 0 saturated carbocycles. The van der Waals surface area contributed by atoms with Gasteiger partial charge in [-0.2, -0.15) is 0 Å². The summed E-state index contributed by atoms with van der Waals surface area (Å²) in [6.07, 6.45) is 6.67. The van der Waals surface area contributed by atoms with Crippen LogP contribution in [0, 0.1) is 12.3 Å². The van der Waals surface area contributed by atoms with Crippen LogP contribution in [0.3, 0.4) is 0 Å². The maximum absolute atomic E-state index is 12.8. The fourth-order valence-electron chi connectivity index (χ4n) is 4.41. The summed E-state index contributed by atoms with van der Waals surface area (Å²) in [5.41, 5.74) is 8.70. The molecule has 1 saturated heterocycles. The second kappa shape index (κ2) is 36.6. The van der Waals surface area contributed by atoms with Gasteiger partial charge in [0.15, 0.2) is 0 Å². The molecule has 1 aliphatic rings. The second-order valence-corrected chi connectivity index (χ2v) is 12.3. The number of nitrogens with zero attached hydrogens (tertiary/aromatic N) is 3. The van der Waals surface area contributed by atoms with Crippen LogP contribution < -0.4 is 21.0 Å². The highest BCUT2D eigenvalue weighted by atomic mass is 16.5. The van der Waals surface area contributed by atoms with Crippen molar-refractivity contribution in [3.63, 3.8) is 0 Å². The first kappa shape index (κ1) is 55.0. The molecule has 0 spiro atoms. The Kier molecular flexibility index (Phi) is 36.6. The van der Waals surface area contributed by atoms with Gasteiger partial charge < -0.3 is 39.7 Å². The molecule has 6 N–H and O–H groups in total. The van der Waals surface area contributed by atoms with E-state index < -0.39 is 12.1 Å². The number of aliphatic hydroxyl groups excluding tert-OH is 2. The van der Waals surface area contributed by atoms with E-state index in [4.69, 9.17) is 29.4 Å². The Morgan fingerprint density at radius 2 is 1.51 bits per heavy atom. The number of ether oxygens (including phenoxy) is 3. The number of hydrogen-bond acceptors (Lipinski definition) is 14. The van der Waals surface area contributed by atoms with Gasteiger partial charge in [-0.05, 0) is 62.4 Å². The molecule has 1 aliphatic heterocycles. The van der Waals surface area contributed by atoms with Gasteiger partial charge in [0.1, 0.15) is 18.9 Å². The van der Waals surface area contributed by atoms with Crippen LogP contribution in [0.15, 0.2) is 67.3 Å². The van der Waals surface area contributed by atoms with Crippen LogP contribution in [0.1, 0.15) is 65.5 Å². The standard InChI is InChI=1S/C21H32N6O3.C8H10O.C4H8O.C2H4O2.C2H6O.C2H6.CH2O/c1-21(2,3)19(22-4)20(29)26-27(13-18(28)11-25-30)12-15-5-7-16(8-6-15)17-9-23-14-24-10-17;1-7-3-5-8(9-2)6-4-7;1-2-4-5-3-1;1-4-2-3;1-2-3;2*1-2/h5-10,14,18-19,22,25,28,30H,11-13H2,1-4H3,(H,26,29);3-6H,1-2H3;1-4H2;2H,1H3;3H,2H2,1H3;1-2H3;1H2. The van der Waals surface area contributed by atoms with Gasteiger partial charge in [0.25, 0.3) is 12.4 Å². The third-order valence-corrected chi connectivity index (χ3v) is 6.84. The smallest absolute Gasteiger partial charge is 0.292 e. The van der Waals surface area contributed by atoms with E-state index in [1.54, 1.807) is 38.5 Å². The van der Waals surface area contributed by atoms with Crippen LogP contribution >= 0.6 is 0 Å². The molecular formula is C40H68N6O9. The van der Waals surface area contributed by atoms with Crippen molar-refractivity contribution in [2.24, 2.45) is 5.41 Å². The largest absolute Gasteiger partial charge is 0.497 e. The molecule has 2 unspecified atom stereocenters. The number of rotatable bonds is 12. The zero-order valence-electron chi connectivity index (χ0n) is 34.6. The molecule has 2 aromatic carbocycles. The fourth-order valence-corrected chi connectivity index (χ4v) is 4.41. The third kappa shape index (κ3) is 28.7. The molecule has 0 radical (unpaired) electrons. The third-order valence-electron chi connectivity index (χ3n) is 6.84. The lowest BCUT2D eigenvalue weighted by molar-refractivity contribution is -0.131. The number of hydrogen-bond donors (Lipinski definition) is 6. The van der Waals surface area contributed by atoms with Gasteiger partial charge >= 0.3 is 0 Å². The molecule has 3 aromatic rings. The van der Waals surface area contributed by atoms with E-state index in [9.17, 15) is 9.90 Å². The highest BCUT2D eigenvalue weighted by Crippen LogP contribution is 2.20. The number of aromatic nitrogens is 2. The number of amides is 1. The molecule has 1 aromatic heterocycles. The molecule has 15 nitrogen and oxygen atoms in total. The number of aryl methyl sites for hydroxylation is 1. The molecule has 1 fully saturated rings. The van der Waals surface area contributed by atoms with Crippen molar-refractivity contribution in [2.75, 3.05) is 54.2 Å². The zero-order valence-corrected chi connectivity index (χ0v) is 34.6. The van der Waals surface area contributed by atoms with Crippen molar-refractivity contribution >= 4 is 19.2 Å². The van der Waals surface area contributed by atoms with Crippen molar-refractivity contribution in [3.05, 3.63) is 78.4 Å². The zero-order chi connectivity index (χ0) is 42.5. The quantitative estimate of drug-likeness (QED) is 0.112. The number of aliphatic hydroxyl groups is 2. The van der Waals surface area contributed by atoms with Crippen LogP contribution in [-0.4, -0.2) is 116 Å². The predicted octanol–water partition coefficient (Wildman–Crippen LogP) is 4.38. The SMILES string of the molecule is C1CCOC1.C=O.CC.CCO.CNC(C(=O)NN(Cc1ccc(-c2cncnc2)cc1)CC(O)CNO)C(C)(C)C.COC=O.COc1ccc(C)cc1. The molecule has 15 heteroatoms. The topological polar surface area (TPSA) is 205 Å². The lowest BCUT2D eigenvalue weighted by Crippen LogP contribution is -2.56. The van der Waals surface area contributed by atoms with Crippen LogP contribution in [0.25, 0.3) is 11.1 Å². The van der Waals surface area contributed by atoms with Gasteiger partial charge in [-0.1, -0.05) is 76.6 Å². The average molecular weight is 777 g/mol. The van der Waals surface area contributed by atoms with Crippen molar-refractivity contribution in [1.29, 1.82) is 0 Å². The first-order chi connectivity index (χ1) is 26.4. The Balaban J connectivity index is -0.000000869. The number of carbonyl (C=O) groups is 3. The van der Waals surface area contributed by atoms with Gasteiger partial charge in [-0.15, -0.1) is 0 Å². The van der Waals surface area contributed by atoms with Crippen molar-refractivity contribution in [2.45, 2.75) is 80.0 Å². The molecule has 2 atom stereocenters. The van der Waals surface area contributed by atoms with Gasteiger partial charge in [-0.25, -0.2) is 20.5 Å². The summed E-state index contributed by atoms with van der Waals surface area (Å²) in [6, 6.07) is 15.4. The summed E-state index contributed by atoms with van der Waals surface area (Å²) in [4.78, 5) is 37.8. The number of nitrogens with one attached hydrogen (secondary N) is 3. The van der Waals surface area contributed by atoms with E-state index in [2.05, 4.69) is 32.4 Å². The summed E-state index contributed by atoms with van der Waals surface area (Å²) < 4.78 is 13.8. The molecule has 1 amide bonds. The Morgan fingerprint density at radius 1 is 1.00 bits per heavy atom. The molecular weight excluding hydrogens is 708 g/mol. The van der Waals surface area contributed by atoms with Crippen molar-refractivity contribution in [3.8, 4) is 16.9 Å². The van der Waals surface area contributed by atoms with Gasteiger partial charge in [0.2, 0.25) is 0 Å². The summed E-state index contributed by atoms with van der Waals surface area (Å²) in [5, 5.41) is 31.2. The van der Waals surface area contributed by atoms with Crippen LogP contribution in [0.4, 0.5) is 0 Å². The summed E-state index contributed by atoms with van der Waals surface area (Å²) in [6.45, 7) is 18.8. The monoisotopic (exact) mass is 777 g/mol. The number of likely N-dealkylation sites (N-methyl/N-ethyl adjacent to an activating group) is 1. The van der Waals surface area contributed by atoms with Gasteiger partial charge in [0, 0.05) is 57.4 Å². The van der Waals surface area contributed by atoms with E-state index >= 15 is 0 Å². The highest BCUT2D eigenvalue weighted by Gasteiger charge is 2.31. The number of methoxy groups -OCH3 is 2. The minimum Gasteiger partial charge on any atom is -0.497 e. The lowest BCUT2D eigenvalue weighted by Gasteiger charge is -2.33. The lowest BCUT2D eigenvalue weighted by atomic mass is 9.86. The average Bonchev–Trinajstić information content (AvgIpc) is 3.79. The van der Waals surface area contributed by atoms with Crippen molar-refractivity contribution < 1.29 is 44.0 Å². The van der Waals surface area contributed by atoms with Crippen molar-refractivity contribution in [1.82, 2.24) is 31.2 Å². The van der Waals surface area contributed by atoms with Gasteiger partial charge in [0.05, 0.1) is 26.4 Å². The minimum absolute atomic E-state index is 0.00591. The number of hydroxylamine groups is 1. The first-order valence-corrected chi connectivity index (χ1v) is 18.1. The molecule has 4 rings (SSSR count). The van der Waals surface area contributed by atoms with Crippen LogP contribution in [-0.2, 0) is 30.4 Å². The van der Waals surface area contributed by atoms with E-state index in [-0.39, 0.29) is 31.0 Å². The Morgan fingerprint density at radius 3 is 1.89 bits per heavy atom. The molecule has 312 valence electrons. The second-order valence-electron chi connectivity index (χ2n) is 12.3. The summed E-state index contributed by atoms with van der Waals surface area (Å²) in [5.74, 6) is 0.729. The molecule has 0 bridgehead atoms. The number of carbonyl (C=O) groups excluding carboxylic acids is 3. The summed E-state index contributed by atoms with van der Waals surface area (Å²) in [7, 11) is 4.73. The predicted molar refractivity (Wildman–Crippen MR) is 216 cm³/mol. The van der Waals surface area contributed by atoms with Gasteiger partial charge in [-0.3, -0.25) is 15.0 Å².